The van der Waals surface area contributed by atoms with Gasteiger partial charge in [-0.1, -0.05) is 56.8 Å². The van der Waals surface area contributed by atoms with Gasteiger partial charge in [0.2, 0.25) is 0 Å². The van der Waals surface area contributed by atoms with Crippen LogP contribution in [0.5, 0.6) is 0 Å². The van der Waals surface area contributed by atoms with Gasteiger partial charge in [-0.05, 0) is 36.6 Å². The second-order valence-corrected chi connectivity index (χ2v) is 8.18. The van der Waals surface area contributed by atoms with Crippen LogP contribution in [0.1, 0.15) is 51.5 Å². The van der Waals surface area contributed by atoms with Crippen molar-refractivity contribution in [2.75, 3.05) is 23.8 Å². The third-order valence-corrected chi connectivity index (χ3v) is 5.38. The molecule has 1 heterocycles. The van der Waals surface area contributed by atoms with Crippen LogP contribution in [0.15, 0.2) is 39.9 Å². The summed E-state index contributed by atoms with van der Waals surface area (Å²) < 4.78 is 6.34. The first kappa shape index (κ1) is 26.9. The van der Waals surface area contributed by atoms with E-state index in [1.54, 1.807) is 24.3 Å². The smallest absolute Gasteiger partial charge is 0.331 e. The monoisotopic (exact) mass is 490 g/mol. The number of benzene rings is 1. The third kappa shape index (κ3) is 7.62. The lowest BCUT2D eigenvalue weighted by atomic mass is 10.2. The highest BCUT2D eigenvalue weighted by atomic mass is 35.5. The first-order valence-electron chi connectivity index (χ1n) is 11.3. The number of nitrogens with two attached hydrogens (primary N) is 1. The van der Waals surface area contributed by atoms with E-state index >= 15 is 0 Å². The van der Waals surface area contributed by atoms with E-state index in [9.17, 15) is 19.2 Å². The maximum atomic E-state index is 13.0. The molecule has 1 aromatic heterocycles. The van der Waals surface area contributed by atoms with Crippen LogP contribution in [0.25, 0.3) is 6.08 Å². The molecule has 3 N–H and O–H groups in total. The molecule has 0 saturated carbocycles. The highest BCUT2D eigenvalue weighted by Crippen LogP contribution is 2.19. The Morgan fingerprint density at radius 1 is 1.12 bits per heavy atom. The topological polar surface area (TPSA) is 127 Å². The Labute approximate surface area is 203 Å². The van der Waals surface area contributed by atoms with Gasteiger partial charge in [0.25, 0.3) is 11.5 Å². The van der Waals surface area contributed by atoms with E-state index in [1.807, 2.05) is 13.8 Å². The minimum atomic E-state index is -0.756. The number of nitrogen functional groups attached to an aromatic ring is 1. The van der Waals surface area contributed by atoms with Gasteiger partial charge in [0.1, 0.15) is 5.82 Å². The molecule has 1 aromatic carbocycles. The van der Waals surface area contributed by atoms with Gasteiger partial charge in [-0.25, -0.2) is 9.59 Å². The van der Waals surface area contributed by atoms with E-state index in [-0.39, 0.29) is 18.1 Å². The number of rotatable bonds is 12. The first-order chi connectivity index (χ1) is 16.3. The Balaban J connectivity index is 2.21. The van der Waals surface area contributed by atoms with Crippen molar-refractivity contribution < 1.29 is 14.3 Å². The molecule has 0 spiro atoms. The number of aromatic nitrogens is 2. The maximum absolute atomic E-state index is 13.0. The molecule has 34 heavy (non-hydrogen) atoms. The summed E-state index contributed by atoms with van der Waals surface area (Å²) in [4.78, 5) is 53.4. The number of ether oxygens (including phenoxy) is 1. The number of nitrogens with zero attached hydrogens (tertiary/aromatic N) is 2. The van der Waals surface area contributed by atoms with Crippen LogP contribution in [-0.4, -0.2) is 34.6 Å². The van der Waals surface area contributed by atoms with Gasteiger partial charge < -0.3 is 15.4 Å². The molecule has 0 aliphatic carbocycles. The summed E-state index contributed by atoms with van der Waals surface area (Å²) in [5, 5.41) is 0.573. The molecule has 184 valence electrons. The number of esters is 1. The third-order valence-electron chi connectivity index (χ3n) is 5.13. The average molecular weight is 491 g/mol. The number of carbonyl (C=O) groups excluding carboxylic acids is 2. The Morgan fingerprint density at radius 3 is 2.44 bits per heavy atom. The number of halogens is 1. The van der Waals surface area contributed by atoms with Gasteiger partial charge in [0, 0.05) is 24.2 Å². The summed E-state index contributed by atoms with van der Waals surface area (Å²) in [6, 6.07) is 6.84. The van der Waals surface area contributed by atoms with E-state index in [4.69, 9.17) is 22.1 Å². The summed E-state index contributed by atoms with van der Waals surface area (Å²) in [5.41, 5.74) is 5.42. The Morgan fingerprint density at radius 2 is 1.79 bits per heavy atom. The minimum absolute atomic E-state index is 0.0824. The first-order valence-corrected chi connectivity index (χ1v) is 11.7. The Bertz CT molecular complexity index is 1120. The zero-order valence-electron chi connectivity index (χ0n) is 19.5. The van der Waals surface area contributed by atoms with Crippen molar-refractivity contribution in [2.24, 2.45) is 0 Å². The van der Waals surface area contributed by atoms with Crippen LogP contribution in [0.3, 0.4) is 0 Å². The summed E-state index contributed by atoms with van der Waals surface area (Å²) in [5.74, 6) is -1.41. The molecule has 0 aliphatic rings. The molecule has 0 atom stereocenters. The zero-order valence-corrected chi connectivity index (χ0v) is 20.3. The van der Waals surface area contributed by atoms with Gasteiger partial charge in [0.05, 0.1) is 0 Å². The van der Waals surface area contributed by atoms with Crippen LogP contribution in [0.2, 0.25) is 5.02 Å². The van der Waals surface area contributed by atoms with E-state index in [1.165, 1.54) is 21.6 Å². The number of hydrogen-bond acceptors (Lipinski definition) is 6. The SMILES string of the molecule is CCCCCN(C(=O)COC(=O)/C=C/c1ccc(Cl)cc1)c1c(N)n(CCCC)c(=O)[nH]c1=O. The molecule has 1 amide bonds. The lowest BCUT2D eigenvalue weighted by molar-refractivity contribution is -0.142. The molecule has 0 unspecified atom stereocenters. The van der Waals surface area contributed by atoms with Crippen LogP contribution in [0, 0.1) is 0 Å². The van der Waals surface area contributed by atoms with Crippen LogP contribution in [-0.2, 0) is 20.9 Å². The van der Waals surface area contributed by atoms with Crippen molar-refractivity contribution in [1.82, 2.24) is 9.55 Å². The standard InChI is InChI=1S/C24H31ClN4O5/c1-3-5-7-15-28(21-22(26)29(14-6-4-2)24(33)27-23(21)32)19(30)16-34-20(31)13-10-17-8-11-18(25)12-9-17/h8-13H,3-7,14-16,26H2,1-2H3,(H,27,32,33)/b13-10+. The predicted molar refractivity (Wildman–Crippen MR) is 134 cm³/mol. The number of aromatic amines is 1. The number of carbonyl (C=O) groups is 2. The van der Waals surface area contributed by atoms with Crippen molar-refractivity contribution >= 4 is 41.1 Å². The molecule has 2 rings (SSSR count). The van der Waals surface area contributed by atoms with E-state index in [2.05, 4.69) is 4.98 Å². The largest absolute Gasteiger partial charge is 0.452 e. The molecule has 0 aliphatic heterocycles. The van der Waals surface area contributed by atoms with Gasteiger partial charge in [0.15, 0.2) is 12.3 Å². The summed E-state index contributed by atoms with van der Waals surface area (Å²) in [6.07, 6.45) is 6.56. The van der Waals surface area contributed by atoms with Gasteiger partial charge in [-0.15, -0.1) is 0 Å². The fraction of sp³-hybridized carbons (Fsp3) is 0.417. The quantitative estimate of drug-likeness (QED) is 0.267. The molecule has 10 heteroatoms. The molecule has 9 nitrogen and oxygen atoms in total. The summed E-state index contributed by atoms with van der Waals surface area (Å²) in [7, 11) is 0. The number of nitrogens with one attached hydrogen (secondary N) is 1. The van der Waals surface area contributed by atoms with Crippen LogP contribution in [0.4, 0.5) is 11.5 Å². The number of H-pyrrole nitrogens is 1. The number of hydrogen-bond donors (Lipinski definition) is 2. The number of anilines is 2. The zero-order chi connectivity index (χ0) is 25.1. The molecule has 2 aromatic rings. The van der Waals surface area contributed by atoms with Crippen LogP contribution < -0.4 is 21.9 Å². The molecule has 0 fully saturated rings. The van der Waals surface area contributed by atoms with E-state index in [0.29, 0.717) is 24.4 Å². The van der Waals surface area contributed by atoms with Crippen molar-refractivity contribution in [1.29, 1.82) is 0 Å². The minimum Gasteiger partial charge on any atom is -0.452 e. The summed E-state index contributed by atoms with van der Waals surface area (Å²) >= 11 is 5.84. The number of unbranched alkanes of at least 4 members (excludes halogenated alkanes) is 3. The lowest BCUT2D eigenvalue weighted by Gasteiger charge is -2.24. The Kier molecular flexibility index (Phi) is 10.6. The molecule has 0 bridgehead atoms. The summed E-state index contributed by atoms with van der Waals surface area (Å²) in [6.45, 7) is 3.90. The van der Waals surface area contributed by atoms with Gasteiger partial charge in [-0.2, -0.15) is 0 Å². The Hall–Kier alpha value is -3.33. The predicted octanol–water partition coefficient (Wildman–Crippen LogP) is 3.35. The molecule has 0 radical (unpaired) electrons. The lowest BCUT2D eigenvalue weighted by Crippen LogP contribution is -2.43. The average Bonchev–Trinajstić information content (AvgIpc) is 2.81. The van der Waals surface area contributed by atoms with Crippen LogP contribution >= 0.6 is 11.6 Å². The molecular weight excluding hydrogens is 460 g/mol. The fourth-order valence-electron chi connectivity index (χ4n) is 3.25. The van der Waals surface area contributed by atoms with Crippen molar-refractivity contribution in [3.8, 4) is 0 Å². The second kappa shape index (κ2) is 13.4. The second-order valence-electron chi connectivity index (χ2n) is 7.74. The van der Waals surface area contributed by atoms with E-state index < -0.39 is 29.7 Å². The number of amides is 1. The maximum Gasteiger partial charge on any atom is 0.331 e. The van der Waals surface area contributed by atoms with E-state index in [0.717, 1.165) is 24.8 Å². The van der Waals surface area contributed by atoms with Gasteiger partial charge in [-0.3, -0.25) is 19.1 Å². The molecule has 0 saturated heterocycles. The highest BCUT2D eigenvalue weighted by molar-refractivity contribution is 6.30. The normalized spacial score (nSPS) is 11.0. The van der Waals surface area contributed by atoms with Gasteiger partial charge >= 0.3 is 11.7 Å². The van der Waals surface area contributed by atoms with Crippen molar-refractivity contribution in [3.63, 3.8) is 0 Å². The van der Waals surface area contributed by atoms with Crippen molar-refractivity contribution in [3.05, 3.63) is 61.8 Å². The fourth-order valence-corrected chi connectivity index (χ4v) is 3.38. The highest BCUT2D eigenvalue weighted by Gasteiger charge is 2.24. The molecular formula is C24H31ClN4O5. The van der Waals surface area contributed by atoms with Crippen molar-refractivity contribution in [2.45, 2.75) is 52.5 Å².